The Hall–Kier alpha value is -1.62. The van der Waals surface area contributed by atoms with E-state index >= 15 is 0 Å². The Morgan fingerprint density at radius 3 is 2.71 bits per heavy atom. The number of pyridine rings is 1. The van der Waals surface area contributed by atoms with Gasteiger partial charge in [0.15, 0.2) is 0 Å². The molecule has 1 aromatic rings. The molecule has 0 radical (unpaired) electrons. The summed E-state index contributed by atoms with van der Waals surface area (Å²) in [6, 6.07) is 3.95. The zero-order valence-corrected chi connectivity index (χ0v) is 10.4. The van der Waals surface area contributed by atoms with Gasteiger partial charge in [-0.05, 0) is 25.1 Å². The number of primary amides is 1. The molecule has 1 rings (SSSR count). The Morgan fingerprint density at radius 1 is 1.47 bits per heavy atom. The Morgan fingerprint density at radius 2 is 2.24 bits per heavy atom. The minimum absolute atomic E-state index is 0.283. The van der Waals surface area contributed by atoms with Crippen LogP contribution in [0, 0.1) is 0 Å². The molecule has 0 spiro atoms. The lowest BCUT2D eigenvalue weighted by Gasteiger charge is -2.18. The average molecular weight is 236 g/mol. The normalized spacial score (nSPS) is 10.5. The summed E-state index contributed by atoms with van der Waals surface area (Å²) in [5, 5.41) is 3.14. The summed E-state index contributed by atoms with van der Waals surface area (Å²) < 4.78 is 0. The van der Waals surface area contributed by atoms with Crippen LogP contribution in [0.15, 0.2) is 18.3 Å². The third-order valence-electron chi connectivity index (χ3n) is 2.42. The fourth-order valence-electron chi connectivity index (χ4n) is 1.56. The maximum atomic E-state index is 10.9. The minimum atomic E-state index is -0.302. The van der Waals surface area contributed by atoms with Gasteiger partial charge in [0.2, 0.25) is 5.91 Å². The molecular weight excluding hydrogens is 216 g/mol. The van der Waals surface area contributed by atoms with Crippen LogP contribution in [0.3, 0.4) is 0 Å². The van der Waals surface area contributed by atoms with Crippen molar-refractivity contribution >= 4 is 11.7 Å². The lowest BCUT2D eigenvalue weighted by molar-refractivity contribution is -0.119. The zero-order chi connectivity index (χ0) is 12.7. The number of hydrogen-bond donors (Lipinski definition) is 2. The van der Waals surface area contributed by atoms with Crippen LogP contribution in [-0.4, -0.2) is 35.4 Å². The number of carbonyl (C=O) groups is 1. The van der Waals surface area contributed by atoms with Crippen molar-refractivity contribution in [2.75, 3.05) is 25.0 Å². The summed E-state index contributed by atoms with van der Waals surface area (Å²) in [5.41, 5.74) is 6.26. The maximum Gasteiger partial charge on any atom is 0.231 e. The molecule has 0 saturated carbocycles. The van der Waals surface area contributed by atoms with Crippen molar-refractivity contribution < 1.29 is 4.79 Å². The first-order valence-corrected chi connectivity index (χ1v) is 5.85. The van der Waals surface area contributed by atoms with E-state index in [0.29, 0.717) is 6.54 Å². The molecule has 17 heavy (non-hydrogen) atoms. The molecule has 0 bridgehead atoms. The Bertz CT molecular complexity index is 350. The number of aromatic nitrogens is 1. The van der Waals surface area contributed by atoms with Crippen LogP contribution >= 0.6 is 0 Å². The summed E-state index contributed by atoms with van der Waals surface area (Å²) in [5.74, 6) is 0.568. The van der Waals surface area contributed by atoms with E-state index in [2.05, 4.69) is 10.3 Å². The van der Waals surface area contributed by atoms with Crippen molar-refractivity contribution in [1.82, 2.24) is 9.88 Å². The van der Waals surface area contributed by atoms with Gasteiger partial charge in [-0.25, -0.2) is 4.98 Å². The van der Waals surface area contributed by atoms with E-state index in [9.17, 15) is 4.79 Å². The predicted octanol–water partition coefficient (Wildman–Crippen LogP) is 0.821. The molecule has 0 saturated heterocycles. The summed E-state index contributed by atoms with van der Waals surface area (Å²) >= 11 is 0. The monoisotopic (exact) mass is 236 g/mol. The molecule has 5 heteroatoms. The van der Waals surface area contributed by atoms with Crippen molar-refractivity contribution in [2.24, 2.45) is 5.73 Å². The molecule has 1 aromatic heterocycles. The van der Waals surface area contributed by atoms with Crippen molar-refractivity contribution in [3.63, 3.8) is 0 Å². The topological polar surface area (TPSA) is 71.2 Å². The number of hydrogen-bond acceptors (Lipinski definition) is 4. The molecule has 5 nitrogen and oxygen atoms in total. The number of nitrogens with zero attached hydrogens (tertiary/aromatic N) is 2. The third-order valence-corrected chi connectivity index (χ3v) is 2.42. The Labute approximate surface area is 102 Å². The molecular formula is C12H20N4O. The van der Waals surface area contributed by atoms with Crippen molar-refractivity contribution in [2.45, 2.75) is 20.4 Å². The lowest BCUT2D eigenvalue weighted by atomic mass is 10.2. The second kappa shape index (κ2) is 6.85. The SMILES string of the molecule is CCNc1ccc(CN(CC)CC(N)=O)cn1. The van der Waals surface area contributed by atoms with Crippen molar-refractivity contribution in [3.05, 3.63) is 23.9 Å². The van der Waals surface area contributed by atoms with Gasteiger partial charge in [0.25, 0.3) is 0 Å². The number of carbonyl (C=O) groups excluding carboxylic acids is 1. The molecule has 0 unspecified atom stereocenters. The van der Waals surface area contributed by atoms with Gasteiger partial charge >= 0.3 is 0 Å². The average Bonchev–Trinajstić information content (AvgIpc) is 2.30. The molecule has 0 aliphatic rings. The van der Waals surface area contributed by atoms with E-state index in [1.165, 1.54) is 0 Å². The molecule has 0 aromatic carbocycles. The molecule has 3 N–H and O–H groups in total. The van der Waals surface area contributed by atoms with E-state index in [4.69, 9.17) is 5.73 Å². The van der Waals surface area contributed by atoms with Crippen molar-refractivity contribution in [3.8, 4) is 0 Å². The van der Waals surface area contributed by atoms with Gasteiger partial charge in [-0.15, -0.1) is 0 Å². The summed E-state index contributed by atoms with van der Waals surface area (Å²) in [7, 11) is 0. The Balaban J connectivity index is 2.57. The molecule has 94 valence electrons. The number of nitrogens with one attached hydrogen (secondary N) is 1. The van der Waals surface area contributed by atoms with Gasteiger partial charge in [-0.2, -0.15) is 0 Å². The number of anilines is 1. The van der Waals surface area contributed by atoms with E-state index in [0.717, 1.165) is 24.5 Å². The van der Waals surface area contributed by atoms with Gasteiger partial charge < -0.3 is 11.1 Å². The second-order valence-corrected chi connectivity index (χ2v) is 3.85. The first kappa shape index (κ1) is 13.4. The number of amides is 1. The van der Waals surface area contributed by atoms with Crippen LogP contribution in [0.2, 0.25) is 0 Å². The van der Waals surface area contributed by atoms with Crippen LogP contribution in [0.25, 0.3) is 0 Å². The quantitative estimate of drug-likeness (QED) is 0.735. The fraction of sp³-hybridized carbons (Fsp3) is 0.500. The first-order valence-electron chi connectivity index (χ1n) is 5.85. The minimum Gasteiger partial charge on any atom is -0.370 e. The van der Waals surface area contributed by atoms with Gasteiger partial charge in [0, 0.05) is 19.3 Å². The predicted molar refractivity (Wildman–Crippen MR) is 68.5 cm³/mol. The zero-order valence-electron chi connectivity index (χ0n) is 10.4. The molecule has 1 amide bonds. The van der Waals surface area contributed by atoms with E-state index in [-0.39, 0.29) is 12.5 Å². The van der Waals surface area contributed by atoms with Crippen LogP contribution < -0.4 is 11.1 Å². The number of nitrogens with two attached hydrogens (primary N) is 1. The highest BCUT2D eigenvalue weighted by molar-refractivity contribution is 5.75. The largest absolute Gasteiger partial charge is 0.370 e. The van der Waals surface area contributed by atoms with Crippen LogP contribution in [0.5, 0.6) is 0 Å². The summed E-state index contributed by atoms with van der Waals surface area (Å²) in [4.78, 5) is 17.1. The van der Waals surface area contributed by atoms with E-state index in [1.54, 1.807) is 0 Å². The lowest BCUT2D eigenvalue weighted by Crippen LogP contribution is -2.33. The van der Waals surface area contributed by atoms with Gasteiger partial charge in [-0.3, -0.25) is 9.69 Å². The van der Waals surface area contributed by atoms with E-state index in [1.807, 2.05) is 37.1 Å². The van der Waals surface area contributed by atoms with E-state index < -0.39 is 0 Å². The number of rotatable bonds is 7. The molecule has 0 fully saturated rings. The van der Waals surface area contributed by atoms with Crippen LogP contribution in [-0.2, 0) is 11.3 Å². The fourth-order valence-corrected chi connectivity index (χ4v) is 1.56. The molecule has 0 aliphatic heterocycles. The summed E-state index contributed by atoms with van der Waals surface area (Å²) in [6.45, 7) is 6.65. The highest BCUT2D eigenvalue weighted by atomic mass is 16.1. The Kier molecular flexibility index (Phi) is 5.42. The third kappa shape index (κ3) is 4.82. The molecule has 0 aliphatic carbocycles. The van der Waals surface area contributed by atoms with Crippen LogP contribution in [0.1, 0.15) is 19.4 Å². The number of likely N-dealkylation sites (N-methyl/N-ethyl adjacent to an activating group) is 1. The van der Waals surface area contributed by atoms with Crippen LogP contribution in [0.4, 0.5) is 5.82 Å². The molecule has 0 atom stereocenters. The van der Waals surface area contributed by atoms with Gasteiger partial charge in [0.05, 0.1) is 6.54 Å². The van der Waals surface area contributed by atoms with Gasteiger partial charge in [0.1, 0.15) is 5.82 Å². The highest BCUT2D eigenvalue weighted by Gasteiger charge is 2.06. The molecule has 1 heterocycles. The highest BCUT2D eigenvalue weighted by Crippen LogP contribution is 2.07. The smallest absolute Gasteiger partial charge is 0.231 e. The maximum absolute atomic E-state index is 10.9. The van der Waals surface area contributed by atoms with Gasteiger partial charge in [-0.1, -0.05) is 13.0 Å². The van der Waals surface area contributed by atoms with Crippen molar-refractivity contribution in [1.29, 1.82) is 0 Å². The first-order chi connectivity index (χ1) is 8.15. The second-order valence-electron chi connectivity index (χ2n) is 3.85. The standard InChI is InChI=1S/C12H20N4O/c1-3-14-12-6-5-10(7-15-12)8-16(4-2)9-11(13)17/h5-7H,3-4,8-9H2,1-2H3,(H2,13,17)(H,14,15). The summed E-state index contributed by atoms with van der Waals surface area (Å²) in [6.07, 6.45) is 1.82.